The molecule has 3 N–H and O–H groups in total. The third-order valence-electron chi connectivity index (χ3n) is 2.96. The van der Waals surface area contributed by atoms with Crippen molar-refractivity contribution in [3.8, 4) is 0 Å². The van der Waals surface area contributed by atoms with Crippen molar-refractivity contribution in [3.05, 3.63) is 62.5 Å². The molecule has 0 saturated carbocycles. The van der Waals surface area contributed by atoms with Crippen LogP contribution in [0, 0.1) is 0 Å². The molecular formula is C14H9BrN2O3. The topological polar surface area (TPSA) is 89.1 Å². The van der Waals surface area contributed by atoms with Crippen LogP contribution in [0.25, 0.3) is 11.1 Å². The number of benzene rings is 2. The van der Waals surface area contributed by atoms with Crippen molar-refractivity contribution in [2.24, 2.45) is 0 Å². The molecule has 0 spiro atoms. The Kier molecular flexibility index (Phi) is 2.94. The van der Waals surface area contributed by atoms with E-state index in [2.05, 4.69) is 20.9 Å². The highest BCUT2D eigenvalue weighted by atomic mass is 79.9. The van der Waals surface area contributed by atoms with Crippen LogP contribution in [-0.2, 0) is 0 Å². The molecule has 0 atom stereocenters. The molecule has 20 heavy (non-hydrogen) atoms. The molecule has 3 aromatic rings. The van der Waals surface area contributed by atoms with E-state index in [1.54, 1.807) is 30.3 Å². The molecule has 6 heteroatoms. The Morgan fingerprint density at radius 1 is 1.25 bits per heavy atom. The molecule has 0 fully saturated rings. The maximum atomic E-state index is 12.5. The molecule has 0 amide bonds. The van der Waals surface area contributed by atoms with E-state index in [4.69, 9.17) is 10.2 Å². The Labute approximate surface area is 121 Å². The monoisotopic (exact) mass is 332 g/mol. The minimum atomic E-state index is -0.547. The van der Waals surface area contributed by atoms with Gasteiger partial charge in [-0.1, -0.05) is 6.07 Å². The second-order valence-electron chi connectivity index (χ2n) is 4.26. The van der Waals surface area contributed by atoms with Crippen molar-refractivity contribution in [2.45, 2.75) is 0 Å². The van der Waals surface area contributed by atoms with Crippen LogP contribution in [0.15, 0.2) is 50.1 Å². The number of anilines is 1. The van der Waals surface area contributed by atoms with Crippen LogP contribution >= 0.6 is 15.9 Å². The highest BCUT2D eigenvalue weighted by molar-refractivity contribution is 9.10. The summed E-state index contributed by atoms with van der Waals surface area (Å²) >= 11 is 3.31. The Bertz CT molecular complexity index is 880. The number of aromatic amines is 1. The summed E-state index contributed by atoms with van der Waals surface area (Å²) in [6.07, 6.45) is 0. The minimum absolute atomic E-state index is 0.199. The molecule has 3 rings (SSSR count). The second kappa shape index (κ2) is 4.64. The highest BCUT2D eigenvalue weighted by Crippen LogP contribution is 2.26. The number of ketones is 1. The summed E-state index contributed by atoms with van der Waals surface area (Å²) in [6, 6.07) is 9.89. The maximum Gasteiger partial charge on any atom is 0.417 e. The van der Waals surface area contributed by atoms with Gasteiger partial charge in [-0.15, -0.1) is 0 Å². The number of nitrogen functional groups attached to an aromatic ring is 1. The summed E-state index contributed by atoms with van der Waals surface area (Å²) in [5.41, 5.74) is 8.04. The number of oxazole rings is 1. The summed E-state index contributed by atoms with van der Waals surface area (Å²) in [5, 5.41) is 0. The van der Waals surface area contributed by atoms with Gasteiger partial charge in [-0.3, -0.25) is 9.78 Å². The number of H-pyrrole nitrogens is 1. The SMILES string of the molecule is Nc1cccc(C(=O)c2ccc3[nH]c(=O)oc3c2)c1Br. The van der Waals surface area contributed by atoms with Crippen LogP contribution in [0.5, 0.6) is 0 Å². The maximum absolute atomic E-state index is 12.5. The van der Waals surface area contributed by atoms with Crippen molar-refractivity contribution >= 4 is 38.5 Å². The van der Waals surface area contributed by atoms with Gasteiger partial charge in [0.05, 0.1) is 9.99 Å². The first-order valence-corrected chi connectivity index (χ1v) is 6.57. The first kappa shape index (κ1) is 12.7. The van der Waals surface area contributed by atoms with Gasteiger partial charge >= 0.3 is 5.76 Å². The Balaban J connectivity index is 2.12. The van der Waals surface area contributed by atoms with Crippen LogP contribution in [0.2, 0.25) is 0 Å². The van der Waals surface area contributed by atoms with Gasteiger partial charge in [0, 0.05) is 16.8 Å². The zero-order chi connectivity index (χ0) is 14.3. The van der Waals surface area contributed by atoms with Gasteiger partial charge in [0.1, 0.15) is 0 Å². The van der Waals surface area contributed by atoms with E-state index in [0.29, 0.717) is 32.4 Å². The lowest BCUT2D eigenvalue weighted by Gasteiger charge is -2.06. The van der Waals surface area contributed by atoms with Gasteiger partial charge in [-0.05, 0) is 46.3 Å². The molecule has 0 unspecified atom stereocenters. The number of nitrogens with two attached hydrogens (primary N) is 1. The summed E-state index contributed by atoms with van der Waals surface area (Å²) in [4.78, 5) is 26.1. The lowest BCUT2D eigenvalue weighted by Crippen LogP contribution is -2.03. The largest absolute Gasteiger partial charge is 0.417 e. The number of halogens is 1. The fraction of sp³-hybridized carbons (Fsp3) is 0. The molecule has 0 aliphatic rings. The number of rotatable bonds is 2. The van der Waals surface area contributed by atoms with Crippen molar-refractivity contribution in [3.63, 3.8) is 0 Å². The Hall–Kier alpha value is -2.34. The molecule has 0 bridgehead atoms. The average Bonchev–Trinajstić information content (AvgIpc) is 2.80. The predicted molar refractivity (Wildman–Crippen MR) is 78.8 cm³/mol. The van der Waals surface area contributed by atoms with Gasteiger partial charge in [0.15, 0.2) is 11.4 Å². The van der Waals surface area contributed by atoms with E-state index in [1.807, 2.05) is 0 Å². The summed E-state index contributed by atoms with van der Waals surface area (Å²) < 4.78 is 5.50. The predicted octanol–water partition coefficient (Wildman–Crippen LogP) is 2.70. The fourth-order valence-corrected chi connectivity index (χ4v) is 2.41. The molecule has 5 nitrogen and oxygen atoms in total. The molecule has 0 aliphatic heterocycles. The van der Waals surface area contributed by atoms with Gasteiger partial charge in [0.25, 0.3) is 0 Å². The van der Waals surface area contributed by atoms with Crippen molar-refractivity contribution in [2.75, 3.05) is 5.73 Å². The normalized spacial score (nSPS) is 10.8. The van der Waals surface area contributed by atoms with Crippen LogP contribution in [-0.4, -0.2) is 10.8 Å². The lowest BCUT2D eigenvalue weighted by atomic mass is 10.0. The lowest BCUT2D eigenvalue weighted by molar-refractivity contribution is 0.103. The summed E-state index contributed by atoms with van der Waals surface area (Å²) in [7, 11) is 0. The molecule has 0 aliphatic carbocycles. The minimum Gasteiger partial charge on any atom is -0.408 e. The number of aromatic nitrogens is 1. The first-order valence-electron chi connectivity index (χ1n) is 5.78. The molecule has 0 saturated heterocycles. The van der Waals surface area contributed by atoms with E-state index in [0.717, 1.165) is 0 Å². The summed E-state index contributed by atoms with van der Waals surface area (Å²) in [5.74, 6) is -0.746. The first-order chi connectivity index (χ1) is 9.56. The molecule has 100 valence electrons. The van der Waals surface area contributed by atoms with Gasteiger partial charge < -0.3 is 10.2 Å². The molecular weight excluding hydrogens is 324 g/mol. The van der Waals surface area contributed by atoms with Crippen molar-refractivity contribution in [1.82, 2.24) is 4.98 Å². The van der Waals surface area contributed by atoms with Gasteiger partial charge in [-0.25, -0.2) is 4.79 Å². The number of carbonyl (C=O) groups excluding carboxylic acids is 1. The average molecular weight is 333 g/mol. The van der Waals surface area contributed by atoms with Crippen LogP contribution in [0.3, 0.4) is 0 Å². The quantitative estimate of drug-likeness (QED) is 0.557. The molecule has 2 aromatic carbocycles. The van der Waals surface area contributed by atoms with Gasteiger partial charge in [-0.2, -0.15) is 0 Å². The summed E-state index contributed by atoms with van der Waals surface area (Å²) in [6.45, 7) is 0. The number of carbonyl (C=O) groups is 1. The zero-order valence-corrected chi connectivity index (χ0v) is 11.7. The van der Waals surface area contributed by atoms with Gasteiger partial charge in [0.2, 0.25) is 0 Å². The van der Waals surface area contributed by atoms with Crippen LogP contribution in [0.4, 0.5) is 5.69 Å². The molecule has 1 heterocycles. The standard InChI is InChI=1S/C14H9BrN2O3/c15-12-8(2-1-3-9(12)16)13(18)7-4-5-10-11(6-7)20-14(19)17-10/h1-6H,16H2,(H,17,19). The van der Waals surface area contributed by atoms with Crippen molar-refractivity contribution in [1.29, 1.82) is 0 Å². The number of hydrogen-bond acceptors (Lipinski definition) is 4. The number of hydrogen-bond donors (Lipinski definition) is 2. The molecule has 1 aromatic heterocycles. The number of fused-ring (bicyclic) bond motifs is 1. The fourth-order valence-electron chi connectivity index (χ4n) is 1.97. The van der Waals surface area contributed by atoms with E-state index in [-0.39, 0.29) is 5.78 Å². The van der Waals surface area contributed by atoms with E-state index < -0.39 is 5.76 Å². The third-order valence-corrected chi connectivity index (χ3v) is 3.84. The zero-order valence-electron chi connectivity index (χ0n) is 10.1. The third kappa shape index (κ3) is 2.04. The van der Waals surface area contributed by atoms with E-state index in [1.165, 1.54) is 6.07 Å². The Morgan fingerprint density at radius 2 is 2.05 bits per heavy atom. The highest BCUT2D eigenvalue weighted by Gasteiger charge is 2.15. The second-order valence-corrected chi connectivity index (χ2v) is 5.06. The Morgan fingerprint density at radius 3 is 2.85 bits per heavy atom. The van der Waals surface area contributed by atoms with E-state index >= 15 is 0 Å². The van der Waals surface area contributed by atoms with Crippen molar-refractivity contribution < 1.29 is 9.21 Å². The molecule has 0 radical (unpaired) electrons. The smallest absolute Gasteiger partial charge is 0.408 e. The van der Waals surface area contributed by atoms with Crippen LogP contribution in [0.1, 0.15) is 15.9 Å². The van der Waals surface area contributed by atoms with E-state index in [9.17, 15) is 9.59 Å². The number of nitrogens with one attached hydrogen (secondary N) is 1. The van der Waals surface area contributed by atoms with Crippen LogP contribution < -0.4 is 11.5 Å².